The van der Waals surface area contributed by atoms with Crippen molar-refractivity contribution in [2.75, 3.05) is 6.61 Å². The molecule has 15 heavy (non-hydrogen) atoms. The first-order valence-electron chi connectivity index (χ1n) is 4.87. The largest absolute Gasteiger partial charge is 0.370 e. The van der Waals surface area contributed by atoms with E-state index < -0.39 is 0 Å². The van der Waals surface area contributed by atoms with Gasteiger partial charge in [-0.3, -0.25) is 0 Å². The Kier molecular flexibility index (Phi) is 1.90. The number of aromatic nitrogens is 4. The molecule has 0 amide bonds. The van der Waals surface area contributed by atoms with E-state index in [1.54, 1.807) is 6.33 Å². The summed E-state index contributed by atoms with van der Waals surface area (Å²) in [7, 11) is 0. The summed E-state index contributed by atoms with van der Waals surface area (Å²) in [6.45, 7) is 0.686. The minimum Gasteiger partial charge on any atom is -0.370 e. The summed E-state index contributed by atoms with van der Waals surface area (Å²) >= 11 is 0. The van der Waals surface area contributed by atoms with Gasteiger partial charge in [-0.25, -0.2) is 15.0 Å². The van der Waals surface area contributed by atoms with Crippen LogP contribution in [0.3, 0.4) is 0 Å². The van der Waals surface area contributed by atoms with Crippen LogP contribution in [0.4, 0.5) is 0 Å². The van der Waals surface area contributed by atoms with Crippen molar-refractivity contribution in [3.05, 3.63) is 18.3 Å². The van der Waals surface area contributed by atoms with Crippen LogP contribution in [0.25, 0.3) is 11.2 Å². The van der Waals surface area contributed by atoms with Crippen molar-refractivity contribution in [3.63, 3.8) is 0 Å². The van der Waals surface area contributed by atoms with Crippen LogP contribution in [0.2, 0.25) is 0 Å². The number of hydrogen-bond acceptors (Lipinski definition) is 5. The maximum absolute atomic E-state index is 5.95. The minimum atomic E-state index is -0.143. The van der Waals surface area contributed by atoms with Gasteiger partial charge in [0.1, 0.15) is 17.9 Å². The van der Waals surface area contributed by atoms with E-state index in [4.69, 9.17) is 10.5 Å². The smallest absolute Gasteiger partial charge is 0.180 e. The Balaban J connectivity index is 2.13. The molecule has 0 saturated carbocycles. The van der Waals surface area contributed by atoms with Gasteiger partial charge in [0.15, 0.2) is 5.65 Å². The Bertz CT molecular complexity index is 482. The van der Waals surface area contributed by atoms with Gasteiger partial charge in [-0.1, -0.05) is 0 Å². The van der Waals surface area contributed by atoms with E-state index in [1.807, 2.05) is 0 Å². The van der Waals surface area contributed by atoms with Crippen molar-refractivity contribution < 1.29 is 4.74 Å². The van der Waals surface area contributed by atoms with E-state index in [-0.39, 0.29) is 12.1 Å². The summed E-state index contributed by atoms with van der Waals surface area (Å²) in [5.74, 6) is 0. The van der Waals surface area contributed by atoms with E-state index in [0.29, 0.717) is 12.3 Å². The summed E-state index contributed by atoms with van der Waals surface area (Å²) in [6, 6.07) is 0.00593. The number of fused-ring (bicyclic) bond motifs is 1. The molecule has 1 saturated heterocycles. The van der Waals surface area contributed by atoms with Gasteiger partial charge in [0.05, 0.1) is 12.0 Å². The molecule has 6 nitrogen and oxygen atoms in total. The van der Waals surface area contributed by atoms with Crippen LogP contribution < -0.4 is 5.73 Å². The van der Waals surface area contributed by atoms with E-state index in [9.17, 15) is 0 Å². The van der Waals surface area contributed by atoms with Crippen molar-refractivity contribution in [3.8, 4) is 0 Å². The third-order valence-corrected chi connectivity index (χ3v) is 2.66. The first kappa shape index (κ1) is 8.75. The molecule has 2 unspecified atom stereocenters. The van der Waals surface area contributed by atoms with E-state index >= 15 is 0 Å². The highest BCUT2D eigenvalue weighted by Crippen LogP contribution is 2.29. The lowest BCUT2D eigenvalue weighted by atomic mass is 10.1. The Labute approximate surface area is 85.9 Å². The molecule has 3 rings (SSSR count). The molecule has 0 bridgehead atoms. The van der Waals surface area contributed by atoms with Crippen molar-refractivity contribution in [1.82, 2.24) is 19.9 Å². The van der Waals surface area contributed by atoms with Crippen molar-refractivity contribution in [2.45, 2.75) is 18.6 Å². The van der Waals surface area contributed by atoms with Gasteiger partial charge in [-0.15, -0.1) is 0 Å². The molecule has 0 aromatic carbocycles. The maximum atomic E-state index is 5.95. The Morgan fingerprint density at radius 1 is 1.40 bits per heavy atom. The van der Waals surface area contributed by atoms with Gasteiger partial charge in [-0.05, 0) is 6.42 Å². The highest BCUT2D eigenvalue weighted by atomic mass is 16.5. The highest BCUT2D eigenvalue weighted by Gasteiger charge is 2.29. The van der Waals surface area contributed by atoms with Crippen molar-refractivity contribution in [1.29, 1.82) is 0 Å². The molecule has 1 fully saturated rings. The van der Waals surface area contributed by atoms with Gasteiger partial charge in [0.2, 0.25) is 0 Å². The summed E-state index contributed by atoms with van der Waals surface area (Å²) < 4.78 is 5.57. The summed E-state index contributed by atoms with van der Waals surface area (Å²) in [5.41, 5.74) is 8.23. The van der Waals surface area contributed by atoms with Crippen LogP contribution in [0.15, 0.2) is 12.7 Å². The van der Waals surface area contributed by atoms with Crippen LogP contribution in [0.5, 0.6) is 0 Å². The second kappa shape index (κ2) is 3.25. The second-order valence-corrected chi connectivity index (χ2v) is 3.60. The Hall–Kier alpha value is -1.53. The molecule has 78 valence electrons. The zero-order valence-electron chi connectivity index (χ0n) is 8.05. The third kappa shape index (κ3) is 1.30. The summed E-state index contributed by atoms with van der Waals surface area (Å²) in [6.07, 6.45) is 3.82. The molecule has 1 aliphatic rings. The van der Waals surface area contributed by atoms with E-state index in [2.05, 4.69) is 19.9 Å². The first-order valence-corrected chi connectivity index (χ1v) is 4.87. The molecule has 2 atom stereocenters. The molecular formula is C9H11N5O. The van der Waals surface area contributed by atoms with Gasteiger partial charge in [0.25, 0.3) is 0 Å². The quantitative estimate of drug-likeness (QED) is 0.691. The zero-order valence-corrected chi connectivity index (χ0v) is 8.05. The first-order chi connectivity index (χ1) is 7.36. The number of hydrogen-bond donors (Lipinski definition) is 2. The van der Waals surface area contributed by atoms with Crippen LogP contribution in [0.1, 0.15) is 18.2 Å². The molecule has 0 aliphatic carbocycles. The molecule has 3 heterocycles. The monoisotopic (exact) mass is 205 g/mol. The van der Waals surface area contributed by atoms with Crippen LogP contribution in [0, 0.1) is 0 Å². The molecule has 1 aliphatic heterocycles. The predicted molar refractivity (Wildman–Crippen MR) is 53.0 cm³/mol. The average Bonchev–Trinajstić information content (AvgIpc) is 2.85. The number of nitrogens with zero attached hydrogens (tertiary/aromatic N) is 3. The predicted octanol–water partition coefficient (Wildman–Crippen LogP) is 0.142. The van der Waals surface area contributed by atoms with E-state index in [0.717, 1.165) is 17.6 Å². The molecule has 0 radical (unpaired) electrons. The summed E-state index contributed by atoms with van der Waals surface area (Å²) in [4.78, 5) is 15.4. The second-order valence-electron chi connectivity index (χ2n) is 3.60. The van der Waals surface area contributed by atoms with Crippen molar-refractivity contribution >= 4 is 11.2 Å². The Morgan fingerprint density at radius 3 is 3.13 bits per heavy atom. The molecule has 2 aromatic rings. The average molecular weight is 205 g/mol. The zero-order chi connectivity index (χ0) is 10.3. The number of rotatable bonds is 1. The van der Waals surface area contributed by atoms with Crippen LogP contribution in [-0.2, 0) is 4.74 Å². The van der Waals surface area contributed by atoms with Gasteiger partial charge >= 0.3 is 0 Å². The highest BCUT2D eigenvalue weighted by molar-refractivity contribution is 5.72. The number of nitrogens with two attached hydrogens (primary N) is 1. The van der Waals surface area contributed by atoms with Gasteiger partial charge in [-0.2, -0.15) is 0 Å². The molecule has 2 aromatic heterocycles. The fourth-order valence-corrected chi connectivity index (χ4v) is 1.89. The number of H-pyrrole nitrogens is 1. The summed E-state index contributed by atoms with van der Waals surface area (Å²) in [5, 5.41) is 0. The standard InChI is InChI=1S/C9H11N5O/c10-5-1-2-15-8(5)6-7-9(13-3-11-6)14-4-12-7/h3-5,8H,1-2,10H2,(H,11,12,13,14). The SMILES string of the molecule is NC1CCOC1c1ncnc2nc[nH]c12. The lowest BCUT2D eigenvalue weighted by Gasteiger charge is -2.13. The van der Waals surface area contributed by atoms with Crippen LogP contribution >= 0.6 is 0 Å². The van der Waals surface area contributed by atoms with Crippen LogP contribution in [-0.4, -0.2) is 32.6 Å². The normalized spacial score (nSPS) is 26.2. The molecule has 3 N–H and O–H groups in total. The van der Waals surface area contributed by atoms with Crippen molar-refractivity contribution in [2.24, 2.45) is 5.73 Å². The molecular weight excluding hydrogens is 194 g/mol. The fraction of sp³-hybridized carbons (Fsp3) is 0.444. The lowest BCUT2D eigenvalue weighted by Crippen LogP contribution is -2.24. The maximum Gasteiger partial charge on any atom is 0.180 e. The molecule has 6 heteroatoms. The van der Waals surface area contributed by atoms with Gasteiger partial charge < -0.3 is 15.5 Å². The lowest BCUT2D eigenvalue weighted by molar-refractivity contribution is 0.103. The third-order valence-electron chi connectivity index (χ3n) is 2.66. The Morgan fingerprint density at radius 2 is 2.33 bits per heavy atom. The van der Waals surface area contributed by atoms with Gasteiger partial charge in [0, 0.05) is 12.6 Å². The number of ether oxygens (including phenoxy) is 1. The van der Waals surface area contributed by atoms with E-state index in [1.165, 1.54) is 6.33 Å². The molecule has 0 spiro atoms. The number of aromatic amines is 1. The topological polar surface area (TPSA) is 89.7 Å². The number of imidazole rings is 1. The minimum absolute atomic E-state index is 0.00593. The number of nitrogens with one attached hydrogen (secondary N) is 1. The fourth-order valence-electron chi connectivity index (χ4n) is 1.89.